The molecule has 0 unspecified atom stereocenters. The first-order valence-electron chi connectivity index (χ1n) is 2.33. The molecular weight excluding hydrogens is 107 g/mol. The highest BCUT2D eigenvalue weighted by atomic mass is 19.1. The standard InChI is InChI=1S/C6H5FO/c7-5-3-1-2-4-6(5)8/h1-5H/t5-/m0/s1. The largest absolute Gasteiger partial charge is 0.291 e. The second-order valence-corrected chi connectivity index (χ2v) is 1.55. The van der Waals surface area contributed by atoms with E-state index >= 15 is 0 Å². The van der Waals surface area contributed by atoms with E-state index in [-0.39, 0.29) is 0 Å². The van der Waals surface area contributed by atoms with Crippen molar-refractivity contribution in [2.24, 2.45) is 0 Å². The van der Waals surface area contributed by atoms with E-state index in [1.807, 2.05) is 0 Å². The zero-order chi connectivity index (χ0) is 5.98. The van der Waals surface area contributed by atoms with E-state index in [1.165, 1.54) is 24.3 Å². The number of allylic oxidation sites excluding steroid dienone is 4. The average Bonchev–Trinajstić information content (AvgIpc) is 1.77. The van der Waals surface area contributed by atoms with Gasteiger partial charge in [-0.1, -0.05) is 12.2 Å². The Morgan fingerprint density at radius 1 is 1.50 bits per heavy atom. The number of carbonyl (C=O) groups excluding carboxylic acids is 1. The van der Waals surface area contributed by atoms with Gasteiger partial charge in [0.1, 0.15) is 0 Å². The minimum Gasteiger partial charge on any atom is -0.291 e. The average molecular weight is 112 g/mol. The summed E-state index contributed by atoms with van der Waals surface area (Å²) in [5, 5.41) is 0. The van der Waals surface area contributed by atoms with E-state index in [0.717, 1.165) is 0 Å². The van der Waals surface area contributed by atoms with Crippen molar-refractivity contribution in [1.82, 2.24) is 0 Å². The molecule has 0 amide bonds. The number of rotatable bonds is 0. The molecule has 0 aromatic rings. The molecule has 0 radical (unpaired) electrons. The van der Waals surface area contributed by atoms with Gasteiger partial charge in [-0.2, -0.15) is 0 Å². The van der Waals surface area contributed by atoms with E-state index in [9.17, 15) is 9.18 Å². The highest BCUT2D eigenvalue weighted by Gasteiger charge is 2.10. The summed E-state index contributed by atoms with van der Waals surface area (Å²) in [6.07, 6.45) is 4.09. The monoisotopic (exact) mass is 112 g/mol. The highest BCUT2D eigenvalue weighted by Crippen LogP contribution is 2.01. The van der Waals surface area contributed by atoms with Gasteiger partial charge >= 0.3 is 0 Å². The lowest BCUT2D eigenvalue weighted by atomic mass is 10.1. The van der Waals surface area contributed by atoms with Gasteiger partial charge in [-0.25, -0.2) is 4.39 Å². The van der Waals surface area contributed by atoms with Crippen molar-refractivity contribution in [2.45, 2.75) is 6.17 Å². The van der Waals surface area contributed by atoms with E-state index in [4.69, 9.17) is 0 Å². The van der Waals surface area contributed by atoms with Gasteiger partial charge in [0.2, 0.25) is 0 Å². The smallest absolute Gasteiger partial charge is 0.193 e. The Kier molecular flexibility index (Phi) is 1.24. The van der Waals surface area contributed by atoms with Gasteiger partial charge in [0.25, 0.3) is 0 Å². The lowest BCUT2D eigenvalue weighted by Crippen LogP contribution is -2.10. The molecule has 0 aliphatic heterocycles. The fourth-order valence-corrected chi connectivity index (χ4v) is 0.499. The van der Waals surface area contributed by atoms with Crippen molar-refractivity contribution >= 4 is 5.78 Å². The van der Waals surface area contributed by atoms with Crippen LogP contribution in [0.5, 0.6) is 0 Å². The molecule has 0 bridgehead atoms. The summed E-state index contributed by atoms with van der Waals surface area (Å²) in [5.41, 5.74) is 0. The number of hydrogen-bond acceptors (Lipinski definition) is 1. The molecule has 1 aliphatic rings. The fraction of sp³-hybridized carbons (Fsp3) is 0.167. The minimum absolute atomic E-state index is 0.465. The summed E-state index contributed by atoms with van der Waals surface area (Å²) in [5.74, 6) is -0.465. The predicted octanol–water partition coefficient (Wildman–Crippen LogP) is 1.02. The topological polar surface area (TPSA) is 17.1 Å². The summed E-state index contributed by atoms with van der Waals surface area (Å²) in [6, 6.07) is 0. The van der Waals surface area contributed by atoms with Gasteiger partial charge in [-0.3, -0.25) is 4.79 Å². The van der Waals surface area contributed by atoms with Crippen LogP contribution in [0.2, 0.25) is 0 Å². The summed E-state index contributed by atoms with van der Waals surface area (Å²) in [4.78, 5) is 10.3. The van der Waals surface area contributed by atoms with E-state index in [1.54, 1.807) is 0 Å². The molecule has 0 fully saturated rings. The van der Waals surface area contributed by atoms with Gasteiger partial charge in [0.05, 0.1) is 0 Å². The Morgan fingerprint density at radius 3 is 2.62 bits per heavy atom. The van der Waals surface area contributed by atoms with Crippen LogP contribution in [0.1, 0.15) is 0 Å². The molecule has 0 N–H and O–H groups in total. The first-order valence-corrected chi connectivity index (χ1v) is 2.33. The summed E-state index contributed by atoms with van der Waals surface area (Å²) >= 11 is 0. The number of hydrogen-bond donors (Lipinski definition) is 0. The number of alkyl halides is 1. The molecule has 0 saturated carbocycles. The summed E-state index contributed by atoms with van der Waals surface area (Å²) in [7, 11) is 0. The Morgan fingerprint density at radius 2 is 2.25 bits per heavy atom. The van der Waals surface area contributed by atoms with Crippen molar-refractivity contribution < 1.29 is 9.18 Å². The first kappa shape index (κ1) is 5.22. The maximum Gasteiger partial charge on any atom is 0.193 e. The van der Waals surface area contributed by atoms with Crippen LogP contribution in [0.25, 0.3) is 0 Å². The first-order chi connectivity index (χ1) is 3.80. The summed E-state index contributed by atoms with van der Waals surface area (Å²) < 4.78 is 12.1. The fourth-order valence-electron chi connectivity index (χ4n) is 0.499. The van der Waals surface area contributed by atoms with Gasteiger partial charge in [-0.15, -0.1) is 0 Å². The number of halogens is 1. The van der Waals surface area contributed by atoms with Crippen LogP contribution in [0.4, 0.5) is 4.39 Å². The maximum absolute atomic E-state index is 12.1. The Labute approximate surface area is 46.5 Å². The molecular formula is C6H5FO. The van der Waals surface area contributed by atoms with Gasteiger partial charge < -0.3 is 0 Å². The van der Waals surface area contributed by atoms with E-state index in [2.05, 4.69) is 0 Å². The molecule has 42 valence electrons. The zero-order valence-electron chi connectivity index (χ0n) is 4.17. The third-order valence-corrected chi connectivity index (χ3v) is 0.923. The summed E-state index contributed by atoms with van der Waals surface area (Å²) in [6.45, 7) is 0. The Hall–Kier alpha value is -0.920. The zero-order valence-corrected chi connectivity index (χ0v) is 4.17. The number of carbonyl (C=O) groups is 1. The highest BCUT2D eigenvalue weighted by molar-refractivity contribution is 5.96. The van der Waals surface area contributed by atoms with Crippen LogP contribution < -0.4 is 0 Å². The van der Waals surface area contributed by atoms with Crippen molar-refractivity contribution in [1.29, 1.82) is 0 Å². The minimum atomic E-state index is -1.40. The quantitative estimate of drug-likeness (QED) is 0.457. The second-order valence-electron chi connectivity index (χ2n) is 1.55. The van der Waals surface area contributed by atoms with Gasteiger partial charge in [0, 0.05) is 0 Å². The Balaban J connectivity index is 2.74. The van der Waals surface area contributed by atoms with Crippen molar-refractivity contribution in [3.63, 3.8) is 0 Å². The van der Waals surface area contributed by atoms with Crippen LogP contribution in [-0.2, 0) is 4.79 Å². The molecule has 0 spiro atoms. The predicted molar refractivity (Wildman–Crippen MR) is 28.2 cm³/mol. The van der Waals surface area contributed by atoms with Crippen molar-refractivity contribution in [2.75, 3.05) is 0 Å². The lowest BCUT2D eigenvalue weighted by molar-refractivity contribution is -0.117. The van der Waals surface area contributed by atoms with E-state index < -0.39 is 12.0 Å². The third kappa shape index (κ3) is 0.832. The van der Waals surface area contributed by atoms with Crippen molar-refractivity contribution in [3.8, 4) is 0 Å². The van der Waals surface area contributed by atoms with Crippen LogP contribution >= 0.6 is 0 Å². The molecule has 1 rings (SSSR count). The SMILES string of the molecule is O=C1C=CC=C[C@@H]1F. The van der Waals surface area contributed by atoms with Crippen LogP contribution in [0.15, 0.2) is 24.3 Å². The normalized spacial score (nSPS) is 26.6. The van der Waals surface area contributed by atoms with Gasteiger partial charge in [-0.05, 0) is 12.2 Å². The van der Waals surface area contributed by atoms with Crippen LogP contribution in [0, 0.1) is 0 Å². The van der Waals surface area contributed by atoms with Crippen molar-refractivity contribution in [3.05, 3.63) is 24.3 Å². The lowest BCUT2D eigenvalue weighted by Gasteiger charge is -1.97. The van der Waals surface area contributed by atoms with E-state index in [0.29, 0.717) is 0 Å². The molecule has 8 heavy (non-hydrogen) atoms. The molecule has 2 heteroatoms. The molecule has 1 aliphatic carbocycles. The van der Waals surface area contributed by atoms with Crippen LogP contribution in [-0.4, -0.2) is 12.0 Å². The molecule has 0 aromatic carbocycles. The van der Waals surface area contributed by atoms with Crippen LogP contribution in [0.3, 0.4) is 0 Å². The third-order valence-electron chi connectivity index (χ3n) is 0.923. The Bertz CT molecular complexity index is 158. The molecule has 1 nitrogen and oxygen atoms in total. The molecule has 0 aromatic heterocycles. The number of ketones is 1. The molecule has 0 saturated heterocycles. The second kappa shape index (κ2) is 1.90. The maximum atomic E-state index is 12.1. The molecule has 0 heterocycles. The molecule has 1 atom stereocenters. The van der Waals surface area contributed by atoms with Gasteiger partial charge in [0.15, 0.2) is 12.0 Å².